The van der Waals surface area contributed by atoms with Gasteiger partial charge in [-0.1, -0.05) is 0 Å². The highest BCUT2D eigenvalue weighted by Crippen LogP contribution is 2.16. The van der Waals surface area contributed by atoms with Crippen molar-refractivity contribution in [3.05, 3.63) is 28.7 Å². The highest BCUT2D eigenvalue weighted by Gasteiger charge is 2.08. The van der Waals surface area contributed by atoms with Gasteiger partial charge in [0.2, 0.25) is 0 Å². The Labute approximate surface area is 85.1 Å². The van der Waals surface area contributed by atoms with Gasteiger partial charge in [0.1, 0.15) is 0 Å². The van der Waals surface area contributed by atoms with Crippen LogP contribution in [-0.2, 0) is 6.54 Å². The maximum Gasteiger partial charge on any atom is 0.419 e. The second-order valence-corrected chi connectivity index (χ2v) is 3.29. The minimum Gasteiger partial charge on any atom is -0.408 e. The Morgan fingerprint density at radius 3 is 3.00 bits per heavy atom. The van der Waals surface area contributed by atoms with Gasteiger partial charge in [0.05, 0.1) is 12.2 Å². The minimum absolute atomic E-state index is 0.304. The first-order valence-corrected chi connectivity index (χ1v) is 4.67. The highest BCUT2D eigenvalue weighted by atomic mass is 19.1. The third-order valence-corrected chi connectivity index (χ3v) is 2.21. The molecule has 2 N–H and O–H groups in total. The van der Waals surface area contributed by atoms with Gasteiger partial charge in [-0.3, -0.25) is 8.96 Å². The molecule has 0 saturated heterocycles. The van der Waals surface area contributed by atoms with E-state index in [2.05, 4.69) is 0 Å². The van der Waals surface area contributed by atoms with Crippen molar-refractivity contribution in [2.45, 2.75) is 13.0 Å². The van der Waals surface area contributed by atoms with E-state index in [1.807, 2.05) is 0 Å². The number of nitrogen functional groups attached to an aromatic ring is 1. The summed E-state index contributed by atoms with van der Waals surface area (Å²) in [4.78, 5) is 11.4. The fraction of sp³-hybridized carbons (Fsp3) is 0.300. The van der Waals surface area contributed by atoms with E-state index in [0.29, 0.717) is 29.8 Å². The maximum atomic E-state index is 12.0. The van der Waals surface area contributed by atoms with Crippen LogP contribution >= 0.6 is 0 Å². The van der Waals surface area contributed by atoms with Crippen LogP contribution in [0.1, 0.15) is 6.42 Å². The van der Waals surface area contributed by atoms with Crippen LogP contribution in [0.3, 0.4) is 0 Å². The summed E-state index contributed by atoms with van der Waals surface area (Å²) < 4.78 is 18.4. The van der Waals surface area contributed by atoms with Gasteiger partial charge in [-0.05, 0) is 18.6 Å². The van der Waals surface area contributed by atoms with Gasteiger partial charge < -0.3 is 10.2 Å². The van der Waals surface area contributed by atoms with Gasteiger partial charge >= 0.3 is 5.76 Å². The predicted octanol–water partition coefficient (Wildman–Crippen LogP) is 1.54. The van der Waals surface area contributed by atoms with E-state index in [9.17, 15) is 9.18 Å². The summed E-state index contributed by atoms with van der Waals surface area (Å²) >= 11 is 0. The lowest BCUT2D eigenvalue weighted by Gasteiger charge is -1.98. The summed E-state index contributed by atoms with van der Waals surface area (Å²) in [5, 5.41) is 0. The average Bonchev–Trinajstić information content (AvgIpc) is 2.50. The Balaban J connectivity index is 2.53. The molecule has 2 rings (SSSR count). The average molecular weight is 210 g/mol. The summed E-state index contributed by atoms with van der Waals surface area (Å²) in [6, 6.07) is 4.97. The molecule has 0 aliphatic rings. The smallest absolute Gasteiger partial charge is 0.408 e. The third-order valence-electron chi connectivity index (χ3n) is 2.21. The van der Waals surface area contributed by atoms with E-state index in [-0.39, 0.29) is 0 Å². The molecule has 80 valence electrons. The molecular formula is C10H11FN2O2. The monoisotopic (exact) mass is 210 g/mol. The molecule has 1 aromatic heterocycles. The Morgan fingerprint density at radius 2 is 2.27 bits per heavy atom. The summed E-state index contributed by atoms with van der Waals surface area (Å²) in [5.41, 5.74) is 7.19. The topological polar surface area (TPSA) is 61.2 Å². The largest absolute Gasteiger partial charge is 0.419 e. The molecule has 2 aromatic rings. The second kappa shape index (κ2) is 3.76. The molecule has 0 atom stereocenters. The van der Waals surface area contributed by atoms with Gasteiger partial charge in [-0.2, -0.15) is 0 Å². The maximum absolute atomic E-state index is 12.0. The molecule has 0 radical (unpaired) electrons. The van der Waals surface area contributed by atoms with Crippen LogP contribution in [0.25, 0.3) is 11.1 Å². The fourth-order valence-electron chi connectivity index (χ4n) is 1.51. The van der Waals surface area contributed by atoms with E-state index in [4.69, 9.17) is 10.2 Å². The molecule has 15 heavy (non-hydrogen) atoms. The summed E-state index contributed by atoms with van der Waals surface area (Å²) in [6.45, 7) is -0.125. The van der Waals surface area contributed by atoms with Crippen LogP contribution in [0, 0.1) is 0 Å². The molecule has 5 heteroatoms. The molecule has 1 aromatic carbocycles. The van der Waals surface area contributed by atoms with Crippen molar-refractivity contribution < 1.29 is 8.81 Å². The van der Waals surface area contributed by atoms with Crippen LogP contribution in [-0.4, -0.2) is 11.2 Å². The van der Waals surface area contributed by atoms with Crippen molar-refractivity contribution >= 4 is 16.8 Å². The lowest BCUT2D eigenvalue weighted by atomic mass is 10.3. The lowest BCUT2D eigenvalue weighted by Crippen LogP contribution is -2.14. The Bertz CT molecular complexity index is 530. The number of nitrogens with zero attached hydrogens (tertiary/aromatic N) is 1. The first-order valence-electron chi connectivity index (χ1n) is 4.67. The van der Waals surface area contributed by atoms with Crippen LogP contribution in [0.5, 0.6) is 0 Å². The third kappa shape index (κ3) is 1.72. The van der Waals surface area contributed by atoms with Crippen molar-refractivity contribution in [1.29, 1.82) is 0 Å². The van der Waals surface area contributed by atoms with Crippen LogP contribution in [0.2, 0.25) is 0 Å². The first kappa shape index (κ1) is 9.76. The number of fused-ring (bicyclic) bond motifs is 1. The number of aromatic nitrogens is 1. The predicted molar refractivity (Wildman–Crippen MR) is 55.5 cm³/mol. The van der Waals surface area contributed by atoms with Gasteiger partial charge in [0.15, 0.2) is 5.58 Å². The van der Waals surface area contributed by atoms with E-state index in [1.54, 1.807) is 18.2 Å². The number of nitrogens with two attached hydrogens (primary N) is 1. The van der Waals surface area contributed by atoms with E-state index in [0.717, 1.165) is 0 Å². The van der Waals surface area contributed by atoms with Crippen LogP contribution in [0.15, 0.2) is 27.4 Å². The number of halogens is 1. The summed E-state index contributed by atoms with van der Waals surface area (Å²) in [7, 11) is 0. The molecule has 0 aliphatic heterocycles. The normalized spacial score (nSPS) is 11.0. The Hall–Kier alpha value is -1.78. The van der Waals surface area contributed by atoms with Crippen molar-refractivity contribution in [1.82, 2.24) is 4.57 Å². The molecule has 4 nitrogen and oxygen atoms in total. The van der Waals surface area contributed by atoms with Gasteiger partial charge in [-0.25, -0.2) is 4.79 Å². The summed E-state index contributed by atoms with van der Waals surface area (Å²) in [6.07, 6.45) is 0.304. The number of anilines is 1. The standard InChI is InChI=1S/C10H11FN2O2/c11-4-1-5-13-8-3-2-7(12)6-9(8)15-10(13)14/h2-3,6H,1,4-5,12H2. The Morgan fingerprint density at radius 1 is 1.47 bits per heavy atom. The first-order chi connectivity index (χ1) is 7.22. The highest BCUT2D eigenvalue weighted by molar-refractivity contribution is 5.76. The zero-order chi connectivity index (χ0) is 10.8. The number of hydrogen-bond donors (Lipinski definition) is 1. The van der Waals surface area contributed by atoms with E-state index < -0.39 is 12.4 Å². The van der Waals surface area contributed by atoms with E-state index in [1.165, 1.54) is 4.57 Å². The second-order valence-electron chi connectivity index (χ2n) is 3.29. The fourth-order valence-corrected chi connectivity index (χ4v) is 1.51. The number of aryl methyl sites for hydroxylation is 1. The molecular weight excluding hydrogens is 199 g/mol. The van der Waals surface area contributed by atoms with Crippen molar-refractivity contribution in [3.63, 3.8) is 0 Å². The van der Waals surface area contributed by atoms with Gasteiger partial charge in [-0.15, -0.1) is 0 Å². The molecule has 0 spiro atoms. The quantitative estimate of drug-likeness (QED) is 0.781. The molecule has 0 fully saturated rings. The zero-order valence-electron chi connectivity index (χ0n) is 8.07. The van der Waals surface area contributed by atoms with Gasteiger partial charge in [0.25, 0.3) is 0 Å². The number of benzene rings is 1. The number of alkyl halides is 1. The van der Waals surface area contributed by atoms with Gasteiger partial charge in [0, 0.05) is 18.3 Å². The molecule has 0 bridgehead atoms. The molecule has 0 saturated carbocycles. The Kier molecular flexibility index (Phi) is 2.45. The van der Waals surface area contributed by atoms with Crippen LogP contribution < -0.4 is 11.5 Å². The molecule has 1 heterocycles. The number of oxazole rings is 1. The number of rotatable bonds is 3. The van der Waals surface area contributed by atoms with E-state index >= 15 is 0 Å². The van der Waals surface area contributed by atoms with Crippen LogP contribution in [0.4, 0.5) is 10.1 Å². The minimum atomic E-state index is -0.468. The van der Waals surface area contributed by atoms with Crippen molar-refractivity contribution in [3.8, 4) is 0 Å². The molecule has 0 aliphatic carbocycles. The van der Waals surface area contributed by atoms with Crippen molar-refractivity contribution in [2.24, 2.45) is 0 Å². The SMILES string of the molecule is Nc1ccc2c(c1)oc(=O)n2CCCF. The molecule has 0 unspecified atom stereocenters. The zero-order valence-corrected chi connectivity index (χ0v) is 8.07. The molecule has 0 amide bonds. The summed E-state index contributed by atoms with van der Waals surface area (Å²) in [5.74, 6) is -0.468. The van der Waals surface area contributed by atoms with Crippen molar-refractivity contribution in [2.75, 3.05) is 12.4 Å². The lowest BCUT2D eigenvalue weighted by molar-refractivity contribution is 0.431. The number of hydrogen-bond acceptors (Lipinski definition) is 3.